The highest BCUT2D eigenvalue weighted by Gasteiger charge is 2.16. The Hall–Kier alpha value is -1.93. The molecule has 4 N–H and O–H groups in total. The molecule has 0 unspecified atom stereocenters. The van der Waals surface area contributed by atoms with Gasteiger partial charge in [0.25, 0.3) is 0 Å². The number of hydrogen-bond acceptors (Lipinski definition) is 5. The van der Waals surface area contributed by atoms with Gasteiger partial charge in [-0.05, 0) is 12.1 Å². The van der Waals surface area contributed by atoms with Crippen LogP contribution >= 0.6 is 0 Å². The van der Waals surface area contributed by atoms with Crippen LogP contribution in [-0.2, 0) is 14.8 Å². The average molecular weight is 244 g/mol. The average Bonchev–Trinajstić information content (AvgIpc) is 2.17. The van der Waals surface area contributed by atoms with Crippen LogP contribution < -0.4 is 5.14 Å². The van der Waals surface area contributed by atoms with E-state index in [9.17, 15) is 13.2 Å². The van der Waals surface area contributed by atoms with Gasteiger partial charge in [0.15, 0.2) is 5.71 Å². The Kier molecular flexibility index (Phi) is 3.25. The summed E-state index contributed by atoms with van der Waals surface area (Å²) >= 11 is 0. The molecule has 0 aliphatic rings. The maximum atomic E-state index is 11.0. The quantitative estimate of drug-likeness (QED) is 0.378. The van der Waals surface area contributed by atoms with Crippen molar-refractivity contribution in [2.75, 3.05) is 0 Å². The largest absolute Gasteiger partial charge is 0.476 e. The van der Waals surface area contributed by atoms with Gasteiger partial charge in [0.1, 0.15) is 0 Å². The smallest absolute Gasteiger partial charge is 0.358 e. The lowest BCUT2D eigenvalue weighted by Gasteiger charge is -2.02. The molecule has 0 bridgehead atoms. The number of benzene rings is 1. The maximum Gasteiger partial charge on any atom is 0.358 e. The highest BCUT2D eigenvalue weighted by atomic mass is 32.2. The molecule has 0 aliphatic carbocycles. The van der Waals surface area contributed by atoms with Crippen LogP contribution in [0.1, 0.15) is 5.56 Å². The van der Waals surface area contributed by atoms with Crippen molar-refractivity contribution >= 4 is 21.7 Å². The van der Waals surface area contributed by atoms with E-state index in [1.54, 1.807) is 0 Å². The summed E-state index contributed by atoms with van der Waals surface area (Å²) in [6, 6.07) is 4.80. The highest BCUT2D eigenvalue weighted by Crippen LogP contribution is 2.10. The summed E-state index contributed by atoms with van der Waals surface area (Å²) in [5.41, 5.74) is -0.716. The number of nitrogens with zero attached hydrogens (tertiary/aromatic N) is 1. The van der Waals surface area contributed by atoms with Gasteiger partial charge in [0.05, 0.1) is 4.90 Å². The third kappa shape index (κ3) is 2.55. The molecule has 7 nitrogen and oxygen atoms in total. The lowest BCUT2D eigenvalue weighted by molar-refractivity contribution is -0.129. The van der Waals surface area contributed by atoms with Crippen LogP contribution in [0.3, 0.4) is 0 Å². The Morgan fingerprint density at radius 2 is 2.00 bits per heavy atom. The molecule has 1 aromatic rings. The van der Waals surface area contributed by atoms with Crippen molar-refractivity contribution in [1.29, 1.82) is 0 Å². The summed E-state index contributed by atoms with van der Waals surface area (Å²) in [5.74, 6) is -1.48. The first kappa shape index (κ1) is 12.1. The molecule has 0 spiro atoms. The van der Waals surface area contributed by atoms with Crippen LogP contribution in [0.2, 0.25) is 0 Å². The zero-order valence-corrected chi connectivity index (χ0v) is 8.68. The number of nitrogens with two attached hydrogens (primary N) is 1. The minimum absolute atomic E-state index is 0.0541. The Balaban J connectivity index is 3.34. The second-order valence-electron chi connectivity index (χ2n) is 2.83. The predicted octanol–water partition coefficient (Wildman–Crippen LogP) is -0.403. The lowest BCUT2D eigenvalue weighted by Crippen LogP contribution is -2.17. The summed E-state index contributed by atoms with van der Waals surface area (Å²) < 4.78 is 22.0. The molecule has 1 rings (SSSR count). The Labute approximate surface area is 90.9 Å². The number of primary sulfonamides is 1. The Morgan fingerprint density at radius 1 is 1.38 bits per heavy atom. The van der Waals surface area contributed by atoms with E-state index in [0.29, 0.717) is 0 Å². The van der Waals surface area contributed by atoms with Crippen molar-refractivity contribution in [1.82, 2.24) is 0 Å². The van der Waals surface area contributed by atoms with E-state index in [4.69, 9.17) is 15.5 Å². The molecule has 0 atom stereocenters. The number of sulfonamides is 1. The zero-order valence-electron chi connectivity index (χ0n) is 7.86. The number of carbonyl (C=O) groups is 1. The first-order valence-corrected chi connectivity index (χ1v) is 5.49. The van der Waals surface area contributed by atoms with Crippen molar-refractivity contribution in [2.24, 2.45) is 10.3 Å². The third-order valence-corrected chi connectivity index (χ3v) is 2.65. The van der Waals surface area contributed by atoms with Gasteiger partial charge in [-0.15, -0.1) is 0 Å². The molecule has 8 heteroatoms. The predicted molar refractivity (Wildman–Crippen MR) is 53.8 cm³/mol. The van der Waals surface area contributed by atoms with Gasteiger partial charge in [-0.2, -0.15) is 0 Å². The number of hydrogen-bond donors (Lipinski definition) is 3. The van der Waals surface area contributed by atoms with E-state index in [1.165, 1.54) is 18.2 Å². The van der Waals surface area contributed by atoms with E-state index in [2.05, 4.69) is 5.16 Å². The molecule has 16 heavy (non-hydrogen) atoms. The first-order chi connectivity index (χ1) is 7.36. The molecule has 1 aromatic carbocycles. The standard InChI is InChI=1S/C8H8N2O5S/c9-16(14,15)6-3-1-2-5(4-6)7(10-13)8(11)12/h1-4,13H,(H,11,12)(H2,9,14,15). The molecule has 0 fully saturated rings. The van der Waals surface area contributed by atoms with Crippen LogP contribution in [0.4, 0.5) is 0 Å². The summed E-state index contributed by atoms with van der Waals surface area (Å²) in [7, 11) is -3.92. The molecule has 0 saturated carbocycles. The van der Waals surface area contributed by atoms with Crippen LogP contribution in [0, 0.1) is 0 Å². The molecule has 0 saturated heterocycles. The Morgan fingerprint density at radius 3 is 2.44 bits per heavy atom. The molecular formula is C8H8N2O5S. The topological polar surface area (TPSA) is 130 Å². The maximum absolute atomic E-state index is 11.0. The van der Waals surface area contributed by atoms with E-state index < -0.39 is 21.7 Å². The SMILES string of the molecule is NS(=O)(=O)c1cccc(C(=NO)C(=O)O)c1. The van der Waals surface area contributed by atoms with Crippen LogP contribution in [-0.4, -0.2) is 30.4 Å². The van der Waals surface area contributed by atoms with Crippen LogP contribution in [0.15, 0.2) is 34.3 Å². The van der Waals surface area contributed by atoms with Crippen molar-refractivity contribution in [2.45, 2.75) is 4.90 Å². The van der Waals surface area contributed by atoms with Gasteiger partial charge in [-0.25, -0.2) is 18.4 Å². The van der Waals surface area contributed by atoms with Crippen LogP contribution in [0.25, 0.3) is 0 Å². The van der Waals surface area contributed by atoms with Crippen molar-refractivity contribution in [3.63, 3.8) is 0 Å². The van der Waals surface area contributed by atoms with E-state index in [1.807, 2.05) is 0 Å². The normalized spacial score (nSPS) is 12.4. The van der Waals surface area contributed by atoms with E-state index >= 15 is 0 Å². The third-order valence-electron chi connectivity index (χ3n) is 1.74. The Bertz CT molecular complexity index is 549. The number of aliphatic carboxylic acids is 1. The van der Waals surface area contributed by atoms with Crippen molar-refractivity contribution in [3.05, 3.63) is 29.8 Å². The molecule has 0 aliphatic heterocycles. The number of carboxylic acids is 1. The summed E-state index contributed by atoms with van der Waals surface area (Å²) in [4.78, 5) is 10.4. The monoisotopic (exact) mass is 244 g/mol. The highest BCUT2D eigenvalue weighted by molar-refractivity contribution is 7.89. The minimum Gasteiger partial charge on any atom is -0.476 e. The molecule has 0 amide bonds. The molecule has 0 heterocycles. The fourth-order valence-corrected chi connectivity index (χ4v) is 1.60. The summed E-state index contributed by atoms with van der Waals surface area (Å²) in [6.07, 6.45) is 0. The second kappa shape index (κ2) is 4.29. The summed E-state index contributed by atoms with van der Waals surface area (Å²) in [6.45, 7) is 0. The fraction of sp³-hybridized carbons (Fsp3) is 0. The van der Waals surface area contributed by atoms with E-state index in [-0.39, 0.29) is 10.5 Å². The van der Waals surface area contributed by atoms with Gasteiger partial charge >= 0.3 is 5.97 Å². The van der Waals surface area contributed by atoms with Gasteiger partial charge in [0, 0.05) is 5.56 Å². The van der Waals surface area contributed by atoms with E-state index in [0.717, 1.165) is 6.07 Å². The number of oxime groups is 1. The number of rotatable bonds is 3. The van der Waals surface area contributed by atoms with Crippen molar-refractivity contribution < 1.29 is 23.5 Å². The van der Waals surface area contributed by atoms with Crippen LogP contribution in [0.5, 0.6) is 0 Å². The minimum atomic E-state index is -3.92. The summed E-state index contributed by atoms with van der Waals surface area (Å²) in [5, 5.41) is 24.5. The molecule has 0 aromatic heterocycles. The molecule has 86 valence electrons. The lowest BCUT2D eigenvalue weighted by atomic mass is 10.1. The number of carboxylic acid groups (broad SMARTS) is 1. The molecule has 0 radical (unpaired) electrons. The fourth-order valence-electron chi connectivity index (χ4n) is 1.04. The van der Waals surface area contributed by atoms with Gasteiger partial charge < -0.3 is 10.3 Å². The molecular weight excluding hydrogens is 236 g/mol. The zero-order chi connectivity index (χ0) is 12.3. The van der Waals surface area contributed by atoms with Gasteiger partial charge in [0.2, 0.25) is 10.0 Å². The van der Waals surface area contributed by atoms with Gasteiger partial charge in [-0.1, -0.05) is 17.3 Å². The second-order valence-corrected chi connectivity index (χ2v) is 4.39. The van der Waals surface area contributed by atoms with Gasteiger partial charge in [-0.3, -0.25) is 0 Å². The van der Waals surface area contributed by atoms with Crippen molar-refractivity contribution in [3.8, 4) is 0 Å². The first-order valence-electron chi connectivity index (χ1n) is 3.95.